The van der Waals surface area contributed by atoms with Gasteiger partial charge >= 0.3 is 0 Å². The Labute approximate surface area is 96.7 Å². The van der Waals surface area contributed by atoms with Crippen molar-refractivity contribution in [3.05, 3.63) is 27.7 Å². The van der Waals surface area contributed by atoms with Crippen molar-refractivity contribution in [2.24, 2.45) is 0 Å². The second-order valence-corrected chi connectivity index (χ2v) is 4.04. The summed E-state index contributed by atoms with van der Waals surface area (Å²) >= 11 is 5.39. The van der Waals surface area contributed by atoms with Crippen molar-refractivity contribution < 1.29 is 8.94 Å². The highest BCUT2D eigenvalue weighted by Crippen LogP contribution is 2.23. The Hall–Kier alpha value is -0.300. The molecular weight excluding hydrogens is 349 g/mol. The molecule has 0 aliphatic heterocycles. The van der Waals surface area contributed by atoms with Gasteiger partial charge in [-0.05, 0) is 34.7 Å². The molecule has 0 spiro atoms. The largest absolute Gasteiger partial charge is 0.449 e. The molecule has 0 N–H and O–H groups in total. The summed E-state index contributed by atoms with van der Waals surface area (Å²) in [5, 5.41) is 4.53. The van der Waals surface area contributed by atoms with Crippen LogP contribution < -0.4 is 0 Å². The van der Waals surface area contributed by atoms with E-state index in [1.54, 1.807) is 0 Å². The number of nitrogens with zero attached hydrogens (tertiary/aromatic N) is 1. The van der Waals surface area contributed by atoms with E-state index in [-0.39, 0.29) is 0 Å². The van der Waals surface area contributed by atoms with Gasteiger partial charge in [-0.1, -0.05) is 21.1 Å². The number of hydrogen-bond acceptors (Lipinski definition) is 3. The van der Waals surface area contributed by atoms with Crippen molar-refractivity contribution in [2.45, 2.75) is 5.33 Å². The SMILES string of the molecule is BrCc1cc(-c2ccc(I)o2)no1. The van der Waals surface area contributed by atoms with Crippen LogP contribution in [0, 0.1) is 3.77 Å². The minimum absolute atomic E-state index is 0.664. The van der Waals surface area contributed by atoms with Gasteiger partial charge < -0.3 is 8.94 Å². The third kappa shape index (κ3) is 1.96. The Morgan fingerprint density at radius 1 is 1.46 bits per heavy atom. The quantitative estimate of drug-likeness (QED) is 0.613. The highest BCUT2D eigenvalue weighted by molar-refractivity contribution is 14.1. The number of aromatic nitrogens is 1. The first-order valence-corrected chi connectivity index (χ1v) is 5.77. The molecule has 0 fully saturated rings. The van der Waals surface area contributed by atoms with E-state index in [1.165, 1.54) is 0 Å². The molecule has 5 heteroatoms. The molecule has 68 valence electrons. The molecule has 2 rings (SSSR count). The molecule has 0 unspecified atom stereocenters. The van der Waals surface area contributed by atoms with E-state index in [9.17, 15) is 0 Å². The van der Waals surface area contributed by atoms with Gasteiger partial charge in [-0.3, -0.25) is 0 Å². The molecular formula is C8H5BrINO2. The lowest BCUT2D eigenvalue weighted by Crippen LogP contribution is -1.69. The minimum Gasteiger partial charge on any atom is -0.449 e. The Bertz CT molecular complexity index is 410. The van der Waals surface area contributed by atoms with Crippen LogP contribution in [0.2, 0.25) is 0 Å². The molecule has 3 nitrogen and oxygen atoms in total. The molecule has 0 bridgehead atoms. The molecule has 0 aromatic carbocycles. The van der Waals surface area contributed by atoms with Crippen LogP contribution in [0.5, 0.6) is 0 Å². The maximum Gasteiger partial charge on any atom is 0.164 e. The highest BCUT2D eigenvalue weighted by Gasteiger charge is 2.08. The summed E-state index contributed by atoms with van der Waals surface area (Å²) in [6.45, 7) is 0. The van der Waals surface area contributed by atoms with Gasteiger partial charge in [0.2, 0.25) is 0 Å². The zero-order valence-corrected chi connectivity index (χ0v) is 10.2. The average Bonchev–Trinajstić information content (AvgIpc) is 2.71. The van der Waals surface area contributed by atoms with Crippen molar-refractivity contribution in [3.63, 3.8) is 0 Å². The minimum atomic E-state index is 0.664. The zero-order valence-electron chi connectivity index (χ0n) is 6.46. The fourth-order valence-electron chi connectivity index (χ4n) is 0.944. The molecule has 13 heavy (non-hydrogen) atoms. The first-order chi connectivity index (χ1) is 6.29. The van der Waals surface area contributed by atoms with Gasteiger partial charge in [0.25, 0.3) is 0 Å². The van der Waals surface area contributed by atoms with E-state index in [4.69, 9.17) is 8.94 Å². The van der Waals surface area contributed by atoms with Crippen LogP contribution in [0.3, 0.4) is 0 Å². The Morgan fingerprint density at radius 3 is 2.85 bits per heavy atom. The first kappa shape index (κ1) is 9.26. The number of alkyl halides is 1. The van der Waals surface area contributed by atoms with E-state index in [2.05, 4.69) is 43.7 Å². The lowest BCUT2D eigenvalue weighted by Gasteiger charge is -1.84. The Balaban J connectivity index is 2.35. The number of furan rings is 1. The summed E-state index contributed by atoms with van der Waals surface area (Å²) < 4.78 is 11.2. The summed E-state index contributed by atoms with van der Waals surface area (Å²) in [7, 11) is 0. The lowest BCUT2D eigenvalue weighted by atomic mass is 10.3. The summed E-state index contributed by atoms with van der Waals surface area (Å²) in [6, 6.07) is 5.61. The highest BCUT2D eigenvalue weighted by atomic mass is 127. The van der Waals surface area contributed by atoms with Gasteiger partial charge in [-0.15, -0.1) is 0 Å². The van der Waals surface area contributed by atoms with E-state index in [1.807, 2.05) is 18.2 Å². The Kier molecular flexibility index (Phi) is 2.73. The van der Waals surface area contributed by atoms with Crippen molar-refractivity contribution in [1.82, 2.24) is 5.16 Å². The van der Waals surface area contributed by atoms with Gasteiger partial charge in [0.05, 0.1) is 5.33 Å². The van der Waals surface area contributed by atoms with Crippen molar-refractivity contribution >= 4 is 38.5 Å². The van der Waals surface area contributed by atoms with Crippen LogP contribution in [0.1, 0.15) is 5.76 Å². The summed E-state index contributed by atoms with van der Waals surface area (Å²) in [5.41, 5.74) is 0.734. The molecule has 2 aromatic heterocycles. The third-order valence-corrected chi connectivity index (χ3v) is 2.65. The lowest BCUT2D eigenvalue weighted by molar-refractivity contribution is 0.395. The van der Waals surface area contributed by atoms with Gasteiger partial charge in [-0.25, -0.2) is 0 Å². The number of hydrogen-bond donors (Lipinski definition) is 0. The monoisotopic (exact) mass is 353 g/mol. The topological polar surface area (TPSA) is 39.2 Å². The predicted molar refractivity (Wildman–Crippen MR) is 59.6 cm³/mol. The van der Waals surface area contributed by atoms with Gasteiger partial charge in [-0.2, -0.15) is 0 Å². The number of halogens is 2. The zero-order chi connectivity index (χ0) is 9.26. The van der Waals surface area contributed by atoms with Crippen molar-refractivity contribution in [2.75, 3.05) is 0 Å². The summed E-state index contributed by atoms with van der Waals surface area (Å²) in [4.78, 5) is 0. The van der Waals surface area contributed by atoms with E-state index >= 15 is 0 Å². The summed E-state index contributed by atoms with van der Waals surface area (Å²) in [6.07, 6.45) is 0. The first-order valence-electron chi connectivity index (χ1n) is 3.57. The van der Waals surface area contributed by atoms with Crippen molar-refractivity contribution in [1.29, 1.82) is 0 Å². The smallest absolute Gasteiger partial charge is 0.164 e. The fraction of sp³-hybridized carbons (Fsp3) is 0.125. The van der Waals surface area contributed by atoms with Crippen LogP contribution >= 0.6 is 38.5 Å². The second kappa shape index (κ2) is 3.83. The normalized spacial score (nSPS) is 10.6. The molecule has 2 heterocycles. The molecule has 0 amide bonds. The molecule has 2 aromatic rings. The fourth-order valence-corrected chi connectivity index (χ4v) is 1.63. The third-order valence-electron chi connectivity index (χ3n) is 1.52. The van der Waals surface area contributed by atoms with Gasteiger partial charge in [0.1, 0.15) is 11.5 Å². The van der Waals surface area contributed by atoms with Crippen LogP contribution in [0.25, 0.3) is 11.5 Å². The Morgan fingerprint density at radius 2 is 2.31 bits per heavy atom. The molecule has 0 aliphatic rings. The molecule has 0 radical (unpaired) electrons. The van der Waals surface area contributed by atoms with Crippen LogP contribution in [0.15, 0.2) is 27.1 Å². The molecule has 0 aliphatic carbocycles. The van der Waals surface area contributed by atoms with Crippen LogP contribution in [0.4, 0.5) is 0 Å². The van der Waals surface area contributed by atoms with E-state index in [0.29, 0.717) is 5.33 Å². The second-order valence-electron chi connectivity index (χ2n) is 2.42. The maximum absolute atomic E-state index is 5.38. The van der Waals surface area contributed by atoms with E-state index in [0.717, 1.165) is 21.0 Å². The standard InChI is InChI=1S/C8H5BrINO2/c9-4-5-3-6(11-13-5)7-1-2-8(10)12-7/h1-3H,4H2. The molecule has 0 saturated heterocycles. The van der Waals surface area contributed by atoms with Gasteiger partial charge in [0.15, 0.2) is 9.53 Å². The molecule has 0 saturated carbocycles. The van der Waals surface area contributed by atoms with Gasteiger partial charge in [0, 0.05) is 6.07 Å². The number of rotatable bonds is 2. The maximum atomic E-state index is 5.38. The van der Waals surface area contributed by atoms with E-state index < -0.39 is 0 Å². The predicted octanol–water partition coefficient (Wildman–Crippen LogP) is 3.43. The van der Waals surface area contributed by atoms with Crippen LogP contribution in [-0.4, -0.2) is 5.16 Å². The average molecular weight is 354 g/mol. The van der Waals surface area contributed by atoms with Crippen LogP contribution in [-0.2, 0) is 5.33 Å². The molecule has 0 atom stereocenters. The van der Waals surface area contributed by atoms with Crippen molar-refractivity contribution in [3.8, 4) is 11.5 Å². The summed E-state index contributed by atoms with van der Waals surface area (Å²) in [5.74, 6) is 1.53.